The van der Waals surface area contributed by atoms with Gasteiger partial charge in [0.25, 0.3) is 5.91 Å². The molecule has 1 aromatic carbocycles. The number of benzene rings is 1. The highest BCUT2D eigenvalue weighted by Crippen LogP contribution is 2.33. The van der Waals surface area contributed by atoms with Gasteiger partial charge in [-0.15, -0.1) is 6.58 Å². The molecule has 160 valence electrons. The molecule has 2 rings (SSSR count). The van der Waals surface area contributed by atoms with Gasteiger partial charge in [-0.2, -0.15) is 5.10 Å². The maximum atomic E-state index is 14.8. The van der Waals surface area contributed by atoms with Gasteiger partial charge in [0.05, 0.1) is 11.3 Å². The minimum absolute atomic E-state index is 0.0270. The maximum absolute atomic E-state index is 14.8. The maximum Gasteiger partial charge on any atom is 0.260 e. The zero-order chi connectivity index (χ0) is 22.6. The van der Waals surface area contributed by atoms with Crippen LogP contribution in [0.5, 0.6) is 0 Å². The Bertz CT molecular complexity index is 1020. The third kappa shape index (κ3) is 4.82. The zero-order valence-electron chi connectivity index (χ0n) is 17.5. The summed E-state index contributed by atoms with van der Waals surface area (Å²) in [7, 11) is 1.59. The second-order valence-corrected chi connectivity index (χ2v) is 7.17. The molecule has 6 nitrogen and oxygen atoms in total. The summed E-state index contributed by atoms with van der Waals surface area (Å²) in [5.41, 5.74) is -0.997. The monoisotopic (exact) mass is 416 g/mol. The van der Waals surface area contributed by atoms with E-state index >= 15 is 0 Å². The molecule has 1 heterocycles. The topological polar surface area (TPSA) is 91.0 Å². The summed E-state index contributed by atoms with van der Waals surface area (Å²) in [5.74, 6) is -1.62. The smallest absolute Gasteiger partial charge is 0.260 e. The minimum Gasteiger partial charge on any atom is -0.512 e. The molecule has 8 heteroatoms. The molecule has 0 aliphatic heterocycles. The number of hydrogen-bond donors (Lipinski definition) is 3. The first-order chi connectivity index (χ1) is 14.0. The number of aromatic nitrogens is 2. The summed E-state index contributed by atoms with van der Waals surface area (Å²) in [6.07, 6.45) is 1.79. The molecule has 0 bridgehead atoms. The minimum atomic E-state index is -1.73. The Labute approximate surface area is 174 Å². The van der Waals surface area contributed by atoms with Gasteiger partial charge in [0.2, 0.25) is 0 Å². The lowest BCUT2D eigenvalue weighted by Gasteiger charge is -2.14. The van der Waals surface area contributed by atoms with Crippen molar-refractivity contribution < 1.29 is 18.7 Å². The second kappa shape index (κ2) is 9.02. The number of halogens is 2. The number of hydrogen-bond acceptors (Lipinski definition) is 4. The standard InChI is InChI=1S/C22H26F2N4O2/c1-6-10-22(4,24)19-12-18(28(5)27-19)15-9-8-14(11-16(15)23)26-21(30)20(13(3)29)17(25)7-2/h6,8-9,11-12,25,29H,1,7,10H2,2-5H3,(H,26,30)/b20-13+,25-17?. The van der Waals surface area contributed by atoms with Crippen LogP contribution < -0.4 is 5.32 Å². The summed E-state index contributed by atoms with van der Waals surface area (Å²) in [4.78, 5) is 12.4. The molecule has 1 amide bonds. The van der Waals surface area contributed by atoms with E-state index < -0.39 is 17.4 Å². The van der Waals surface area contributed by atoms with E-state index in [0.717, 1.165) is 6.07 Å². The van der Waals surface area contributed by atoms with Crippen LogP contribution in [0.1, 0.15) is 39.3 Å². The largest absolute Gasteiger partial charge is 0.512 e. The number of allylic oxidation sites excluding steroid dienone is 2. The Morgan fingerprint density at radius 2 is 2.10 bits per heavy atom. The average molecular weight is 416 g/mol. The van der Waals surface area contributed by atoms with E-state index in [1.165, 1.54) is 42.8 Å². The van der Waals surface area contributed by atoms with Gasteiger partial charge < -0.3 is 15.8 Å². The number of carbonyl (C=O) groups is 1. The molecular weight excluding hydrogens is 390 g/mol. The first-order valence-corrected chi connectivity index (χ1v) is 9.45. The Morgan fingerprint density at radius 3 is 2.63 bits per heavy atom. The highest BCUT2D eigenvalue weighted by atomic mass is 19.1. The fraction of sp³-hybridized carbons (Fsp3) is 0.318. The van der Waals surface area contributed by atoms with Gasteiger partial charge in [-0.3, -0.25) is 9.48 Å². The zero-order valence-corrected chi connectivity index (χ0v) is 17.5. The molecule has 0 aliphatic rings. The van der Waals surface area contributed by atoms with Gasteiger partial charge in [0, 0.05) is 30.4 Å². The Morgan fingerprint density at radius 1 is 1.43 bits per heavy atom. The molecule has 1 unspecified atom stereocenters. The van der Waals surface area contributed by atoms with Gasteiger partial charge in [0.1, 0.15) is 17.3 Å². The van der Waals surface area contributed by atoms with Crippen LogP contribution in [-0.4, -0.2) is 26.5 Å². The summed E-state index contributed by atoms with van der Waals surface area (Å²) in [5, 5.41) is 24.2. The molecule has 0 aliphatic carbocycles. The van der Waals surface area contributed by atoms with Crippen molar-refractivity contribution in [3.8, 4) is 11.3 Å². The van der Waals surface area contributed by atoms with Crippen molar-refractivity contribution in [2.45, 2.75) is 39.3 Å². The van der Waals surface area contributed by atoms with Crippen LogP contribution in [0.4, 0.5) is 14.5 Å². The molecular formula is C22H26F2N4O2. The molecule has 2 aromatic rings. The number of alkyl halides is 1. The van der Waals surface area contributed by atoms with Crippen molar-refractivity contribution in [3.05, 3.63) is 59.8 Å². The lowest BCUT2D eigenvalue weighted by Crippen LogP contribution is -2.21. The first kappa shape index (κ1) is 23.0. The molecule has 0 spiro atoms. The Kier molecular flexibility index (Phi) is 6.92. The number of carbonyl (C=O) groups excluding carboxylic acids is 1. The van der Waals surface area contributed by atoms with E-state index in [-0.39, 0.29) is 46.8 Å². The van der Waals surface area contributed by atoms with E-state index in [4.69, 9.17) is 5.41 Å². The Balaban J connectivity index is 2.34. The van der Waals surface area contributed by atoms with Crippen LogP contribution in [0.15, 0.2) is 48.3 Å². The van der Waals surface area contributed by atoms with Crippen LogP contribution >= 0.6 is 0 Å². The number of nitrogens with one attached hydrogen (secondary N) is 2. The molecule has 30 heavy (non-hydrogen) atoms. The first-order valence-electron chi connectivity index (χ1n) is 9.45. The molecule has 0 saturated heterocycles. The molecule has 0 fully saturated rings. The third-order valence-corrected chi connectivity index (χ3v) is 4.69. The number of anilines is 1. The van der Waals surface area contributed by atoms with Gasteiger partial charge in [-0.1, -0.05) is 13.0 Å². The number of aliphatic hydroxyl groups excluding tert-OH is 1. The number of amides is 1. The van der Waals surface area contributed by atoms with E-state index in [1.807, 2.05) is 0 Å². The summed E-state index contributed by atoms with van der Waals surface area (Å²) >= 11 is 0. The van der Waals surface area contributed by atoms with Gasteiger partial charge in [-0.25, -0.2) is 8.78 Å². The number of nitrogens with zero attached hydrogens (tertiary/aromatic N) is 2. The van der Waals surface area contributed by atoms with Crippen molar-refractivity contribution in [2.24, 2.45) is 7.05 Å². The van der Waals surface area contributed by atoms with Gasteiger partial charge in [-0.05, 0) is 44.5 Å². The van der Waals surface area contributed by atoms with Crippen LogP contribution in [0.3, 0.4) is 0 Å². The van der Waals surface area contributed by atoms with Crippen molar-refractivity contribution in [1.82, 2.24) is 9.78 Å². The number of aryl methyl sites for hydroxylation is 1. The molecule has 1 atom stereocenters. The Hall–Kier alpha value is -3.29. The van der Waals surface area contributed by atoms with Gasteiger partial charge >= 0.3 is 0 Å². The summed E-state index contributed by atoms with van der Waals surface area (Å²) in [6, 6.07) is 5.55. The molecule has 0 radical (unpaired) electrons. The van der Waals surface area contributed by atoms with Crippen molar-refractivity contribution >= 4 is 17.3 Å². The molecule has 0 saturated carbocycles. The lowest BCUT2D eigenvalue weighted by atomic mass is 9.99. The number of aliphatic hydroxyl groups is 1. The van der Waals surface area contributed by atoms with E-state index in [1.54, 1.807) is 14.0 Å². The lowest BCUT2D eigenvalue weighted by molar-refractivity contribution is -0.112. The van der Waals surface area contributed by atoms with Crippen molar-refractivity contribution in [1.29, 1.82) is 5.41 Å². The van der Waals surface area contributed by atoms with Crippen LogP contribution in [-0.2, 0) is 17.5 Å². The fourth-order valence-electron chi connectivity index (χ4n) is 3.04. The highest BCUT2D eigenvalue weighted by molar-refractivity contribution is 6.24. The van der Waals surface area contributed by atoms with E-state index in [0.29, 0.717) is 5.69 Å². The predicted molar refractivity (Wildman–Crippen MR) is 114 cm³/mol. The van der Waals surface area contributed by atoms with Crippen LogP contribution in [0.2, 0.25) is 0 Å². The predicted octanol–water partition coefficient (Wildman–Crippen LogP) is 5.19. The molecule has 1 aromatic heterocycles. The molecule has 3 N–H and O–H groups in total. The van der Waals surface area contributed by atoms with Crippen LogP contribution in [0.25, 0.3) is 11.3 Å². The summed E-state index contributed by atoms with van der Waals surface area (Å²) < 4.78 is 30.9. The second-order valence-electron chi connectivity index (χ2n) is 7.17. The normalized spacial score (nSPS) is 13.9. The summed E-state index contributed by atoms with van der Waals surface area (Å²) in [6.45, 7) is 7.93. The van der Waals surface area contributed by atoms with Crippen molar-refractivity contribution in [2.75, 3.05) is 5.32 Å². The van der Waals surface area contributed by atoms with E-state index in [2.05, 4.69) is 17.0 Å². The highest BCUT2D eigenvalue weighted by Gasteiger charge is 2.29. The third-order valence-electron chi connectivity index (χ3n) is 4.69. The average Bonchev–Trinajstić information content (AvgIpc) is 3.04. The number of rotatable bonds is 8. The quantitative estimate of drug-likeness (QED) is 0.239. The van der Waals surface area contributed by atoms with Crippen molar-refractivity contribution in [3.63, 3.8) is 0 Å². The van der Waals surface area contributed by atoms with Gasteiger partial charge in [0.15, 0.2) is 5.67 Å². The van der Waals surface area contributed by atoms with E-state index in [9.17, 15) is 18.7 Å². The van der Waals surface area contributed by atoms with Crippen LogP contribution in [0, 0.1) is 11.2 Å². The fourth-order valence-corrected chi connectivity index (χ4v) is 3.04. The SMILES string of the molecule is C=CCC(C)(F)c1cc(-c2ccc(NC(=O)/C(C(=N)CC)=C(\C)O)cc2F)n(C)n1.